The maximum Gasteiger partial charge on any atom is 0.193 e. The van der Waals surface area contributed by atoms with E-state index in [1.54, 1.807) is 18.4 Å². The molecule has 0 aliphatic rings. The second kappa shape index (κ2) is 5.64. The van der Waals surface area contributed by atoms with Crippen molar-refractivity contribution in [2.45, 2.75) is 19.5 Å². The summed E-state index contributed by atoms with van der Waals surface area (Å²) in [7, 11) is 1.68. The third kappa shape index (κ3) is 2.69. The monoisotopic (exact) mass is 287 g/mol. The molecule has 3 rings (SSSR count). The Bertz CT molecular complexity index is 658. The number of imidazole rings is 1. The molecule has 0 amide bonds. The fourth-order valence-corrected chi connectivity index (χ4v) is 2.85. The van der Waals surface area contributed by atoms with Gasteiger partial charge in [-0.3, -0.25) is 4.40 Å². The first-order valence-corrected chi connectivity index (χ1v) is 7.42. The summed E-state index contributed by atoms with van der Waals surface area (Å²) in [4.78, 5) is 5.61. The maximum atomic E-state index is 5.17. The Balaban J connectivity index is 1.63. The van der Waals surface area contributed by atoms with Gasteiger partial charge in [0.2, 0.25) is 0 Å². The number of methoxy groups -OCH3 is 1. The molecule has 20 heavy (non-hydrogen) atoms. The second-order valence-electron chi connectivity index (χ2n) is 4.70. The minimum absolute atomic E-state index is 0.278. The lowest BCUT2D eigenvalue weighted by Gasteiger charge is -2.13. The van der Waals surface area contributed by atoms with E-state index in [9.17, 15) is 0 Å². The molecule has 1 atom stereocenters. The van der Waals surface area contributed by atoms with Crippen LogP contribution in [0.15, 0.2) is 42.0 Å². The normalized spacial score (nSPS) is 12.7. The molecule has 3 aromatic rings. The Kier molecular flexibility index (Phi) is 3.71. The fourth-order valence-electron chi connectivity index (χ4n) is 2.13. The SMILES string of the molecule is COc1ccc([C@@H](C)NCc2cn3ccsc3n2)cc1. The van der Waals surface area contributed by atoms with Crippen LogP contribution < -0.4 is 10.1 Å². The van der Waals surface area contributed by atoms with Gasteiger partial charge >= 0.3 is 0 Å². The molecule has 0 unspecified atom stereocenters. The molecule has 0 fully saturated rings. The Morgan fingerprint density at radius 1 is 1.35 bits per heavy atom. The van der Waals surface area contributed by atoms with E-state index in [2.05, 4.69) is 40.0 Å². The molecular formula is C15H17N3OS. The minimum atomic E-state index is 0.278. The van der Waals surface area contributed by atoms with Gasteiger partial charge in [-0.25, -0.2) is 4.98 Å². The Hall–Kier alpha value is -1.85. The zero-order valence-electron chi connectivity index (χ0n) is 11.5. The highest BCUT2D eigenvalue weighted by Gasteiger charge is 2.07. The minimum Gasteiger partial charge on any atom is -0.497 e. The van der Waals surface area contributed by atoms with E-state index in [1.807, 2.05) is 23.7 Å². The van der Waals surface area contributed by atoms with Crippen molar-refractivity contribution in [2.75, 3.05) is 7.11 Å². The first kappa shape index (κ1) is 13.1. The number of nitrogens with one attached hydrogen (secondary N) is 1. The van der Waals surface area contributed by atoms with Gasteiger partial charge in [-0.1, -0.05) is 12.1 Å². The molecule has 1 N–H and O–H groups in total. The van der Waals surface area contributed by atoms with Crippen molar-refractivity contribution in [3.8, 4) is 5.75 Å². The molecule has 0 saturated heterocycles. The molecule has 0 radical (unpaired) electrons. The quantitative estimate of drug-likeness (QED) is 0.783. The van der Waals surface area contributed by atoms with Crippen LogP contribution in [-0.4, -0.2) is 16.5 Å². The van der Waals surface area contributed by atoms with Crippen molar-refractivity contribution in [1.82, 2.24) is 14.7 Å². The lowest BCUT2D eigenvalue weighted by Crippen LogP contribution is -2.18. The van der Waals surface area contributed by atoms with E-state index in [1.165, 1.54) is 5.56 Å². The van der Waals surface area contributed by atoms with Crippen LogP contribution in [-0.2, 0) is 6.54 Å². The predicted octanol–water partition coefficient (Wildman–Crippen LogP) is 3.26. The lowest BCUT2D eigenvalue weighted by molar-refractivity contribution is 0.414. The number of hydrogen-bond donors (Lipinski definition) is 1. The van der Waals surface area contributed by atoms with Gasteiger partial charge in [0.1, 0.15) is 5.75 Å². The molecule has 2 heterocycles. The second-order valence-corrected chi connectivity index (χ2v) is 5.57. The smallest absolute Gasteiger partial charge is 0.193 e. The van der Waals surface area contributed by atoms with Crippen molar-refractivity contribution >= 4 is 16.3 Å². The summed E-state index contributed by atoms with van der Waals surface area (Å²) < 4.78 is 7.23. The zero-order valence-corrected chi connectivity index (χ0v) is 12.4. The van der Waals surface area contributed by atoms with Crippen LogP contribution in [0.2, 0.25) is 0 Å². The van der Waals surface area contributed by atoms with Crippen LogP contribution in [0.1, 0.15) is 24.2 Å². The Morgan fingerprint density at radius 3 is 2.85 bits per heavy atom. The fraction of sp³-hybridized carbons (Fsp3) is 0.267. The van der Waals surface area contributed by atoms with E-state index in [4.69, 9.17) is 4.74 Å². The molecule has 1 aromatic carbocycles. The highest BCUT2D eigenvalue weighted by molar-refractivity contribution is 7.15. The number of nitrogens with zero attached hydrogens (tertiary/aromatic N) is 2. The van der Waals surface area contributed by atoms with Gasteiger partial charge in [0, 0.05) is 30.4 Å². The van der Waals surface area contributed by atoms with Crippen LogP contribution in [0.4, 0.5) is 0 Å². The zero-order chi connectivity index (χ0) is 13.9. The molecule has 4 nitrogen and oxygen atoms in total. The van der Waals surface area contributed by atoms with Gasteiger partial charge in [-0.05, 0) is 24.6 Å². The average Bonchev–Trinajstić information content (AvgIpc) is 3.06. The number of thiazole rings is 1. The summed E-state index contributed by atoms with van der Waals surface area (Å²) in [6.07, 6.45) is 4.10. The highest BCUT2D eigenvalue weighted by Crippen LogP contribution is 2.18. The average molecular weight is 287 g/mol. The van der Waals surface area contributed by atoms with Crippen LogP contribution in [0.25, 0.3) is 4.96 Å². The van der Waals surface area contributed by atoms with E-state index in [0.717, 1.165) is 22.9 Å². The van der Waals surface area contributed by atoms with Crippen LogP contribution in [0, 0.1) is 0 Å². The third-order valence-electron chi connectivity index (χ3n) is 3.35. The molecule has 0 aliphatic heterocycles. The molecule has 2 aromatic heterocycles. The van der Waals surface area contributed by atoms with Gasteiger partial charge in [0.05, 0.1) is 12.8 Å². The molecule has 0 saturated carbocycles. The Morgan fingerprint density at radius 2 is 2.15 bits per heavy atom. The molecule has 0 bridgehead atoms. The van der Waals surface area contributed by atoms with E-state index >= 15 is 0 Å². The van der Waals surface area contributed by atoms with Gasteiger partial charge in [0.25, 0.3) is 0 Å². The number of ether oxygens (including phenoxy) is 1. The Labute approximate surface area is 122 Å². The van der Waals surface area contributed by atoms with Crippen LogP contribution in [0.3, 0.4) is 0 Å². The highest BCUT2D eigenvalue weighted by atomic mass is 32.1. The summed E-state index contributed by atoms with van der Waals surface area (Å²) in [6.45, 7) is 2.92. The standard InChI is InChI=1S/C15H17N3OS/c1-11(12-3-5-14(19-2)6-4-12)16-9-13-10-18-7-8-20-15(18)17-13/h3-8,10-11,16H,9H2,1-2H3/t11-/m1/s1. The first-order chi connectivity index (χ1) is 9.76. The van der Waals surface area contributed by atoms with Crippen LogP contribution in [0.5, 0.6) is 5.75 Å². The largest absolute Gasteiger partial charge is 0.497 e. The number of fused-ring (bicyclic) bond motifs is 1. The topological polar surface area (TPSA) is 38.6 Å². The summed E-state index contributed by atoms with van der Waals surface area (Å²) in [5.41, 5.74) is 2.31. The molecule has 104 valence electrons. The molecule has 5 heteroatoms. The van der Waals surface area contributed by atoms with Crippen molar-refractivity contribution in [3.05, 3.63) is 53.3 Å². The van der Waals surface area contributed by atoms with Crippen molar-refractivity contribution in [3.63, 3.8) is 0 Å². The summed E-state index contributed by atoms with van der Waals surface area (Å²) >= 11 is 1.65. The number of hydrogen-bond acceptors (Lipinski definition) is 4. The van der Waals surface area contributed by atoms with E-state index in [0.29, 0.717) is 0 Å². The van der Waals surface area contributed by atoms with Crippen molar-refractivity contribution < 1.29 is 4.74 Å². The summed E-state index contributed by atoms with van der Waals surface area (Å²) in [5.74, 6) is 0.885. The molecule has 0 aliphatic carbocycles. The molecule has 0 spiro atoms. The summed E-state index contributed by atoms with van der Waals surface area (Å²) in [5, 5.41) is 5.53. The van der Waals surface area contributed by atoms with E-state index in [-0.39, 0.29) is 6.04 Å². The molecular weight excluding hydrogens is 270 g/mol. The van der Waals surface area contributed by atoms with Crippen molar-refractivity contribution in [2.24, 2.45) is 0 Å². The predicted molar refractivity (Wildman–Crippen MR) is 81.3 cm³/mol. The number of benzene rings is 1. The van der Waals surface area contributed by atoms with Gasteiger partial charge in [-0.2, -0.15) is 0 Å². The third-order valence-corrected chi connectivity index (χ3v) is 4.12. The first-order valence-electron chi connectivity index (χ1n) is 6.54. The summed E-state index contributed by atoms with van der Waals surface area (Å²) in [6, 6.07) is 8.42. The van der Waals surface area contributed by atoms with E-state index < -0.39 is 0 Å². The number of aromatic nitrogens is 2. The lowest BCUT2D eigenvalue weighted by atomic mass is 10.1. The van der Waals surface area contributed by atoms with Crippen LogP contribution >= 0.6 is 11.3 Å². The number of rotatable bonds is 5. The van der Waals surface area contributed by atoms with Gasteiger partial charge < -0.3 is 10.1 Å². The van der Waals surface area contributed by atoms with Crippen molar-refractivity contribution in [1.29, 1.82) is 0 Å². The maximum absolute atomic E-state index is 5.17. The van der Waals surface area contributed by atoms with Gasteiger partial charge in [0.15, 0.2) is 4.96 Å². The van der Waals surface area contributed by atoms with Gasteiger partial charge in [-0.15, -0.1) is 11.3 Å².